The molecule has 0 heterocycles. The van der Waals surface area contributed by atoms with E-state index in [2.05, 4.69) is 21.2 Å². The summed E-state index contributed by atoms with van der Waals surface area (Å²) in [6.07, 6.45) is 0.0429. The number of thiocarbonyl (C=S) groups is 1. The topological polar surface area (TPSA) is 84.7 Å². The number of nitrogens with zero attached hydrogens (tertiary/aromatic N) is 1. The lowest BCUT2D eigenvalue weighted by Crippen LogP contribution is -2.43. The van der Waals surface area contributed by atoms with Gasteiger partial charge in [0.05, 0.1) is 11.7 Å². The Morgan fingerprint density at radius 2 is 1.90 bits per heavy atom. The van der Waals surface area contributed by atoms with E-state index in [0.717, 1.165) is 10.0 Å². The minimum Gasteiger partial charge on any atom is -0.490 e. The van der Waals surface area contributed by atoms with Gasteiger partial charge in [-0.3, -0.25) is 14.9 Å². The second-order valence-corrected chi connectivity index (χ2v) is 7.99. The van der Waals surface area contributed by atoms with Gasteiger partial charge >= 0.3 is 0 Å². The standard InChI is InChI=1S/C21H24BrN3O3S/c1-14(2)28-18-9-8-16(22)12-17(18)20(27)24-21(29)25(11-10-19(23)26)13-15-6-4-3-5-7-15/h3-9,12,14H,10-11,13H2,1-2H3,(H2,23,26)(H,24,27,29). The van der Waals surface area contributed by atoms with Crippen LogP contribution in [0.4, 0.5) is 0 Å². The molecule has 2 aromatic rings. The summed E-state index contributed by atoms with van der Waals surface area (Å²) in [5.41, 5.74) is 6.66. The molecule has 8 heteroatoms. The largest absolute Gasteiger partial charge is 0.490 e. The number of carbonyl (C=O) groups excluding carboxylic acids is 2. The fraction of sp³-hybridized carbons (Fsp3) is 0.286. The van der Waals surface area contributed by atoms with Crippen molar-refractivity contribution in [1.29, 1.82) is 0 Å². The van der Waals surface area contributed by atoms with E-state index in [1.807, 2.05) is 44.2 Å². The lowest BCUT2D eigenvalue weighted by molar-refractivity contribution is -0.118. The molecule has 0 aliphatic rings. The Balaban J connectivity index is 2.18. The van der Waals surface area contributed by atoms with Crippen molar-refractivity contribution in [3.05, 3.63) is 64.1 Å². The molecule has 0 unspecified atom stereocenters. The molecule has 2 amide bonds. The molecule has 29 heavy (non-hydrogen) atoms. The molecule has 0 bridgehead atoms. The van der Waals surface area contributed by atoms with E-state index in [-0.39, 0.29) is 23.5 Å². The Labute approximate surface area is 184 Å². The predicted molar refractivity (Wildman–Crippen MR) is 121 cm³/mol. The normalized spacial score (nSPS) is 10.5. The molecule has 0 aromatic heterocycles. The zero-order chi connectivity index (χ0) is 21.4. The second-order valence-electron chi connectivity index (χ2n) is 6.69. The van der Waals surface area contributed by atoms with Crippen LogP contribution < -0.4 is 15.8 Å². The van der Waals surface area contributed by atoms with E-state index < -0.39 is 5.91 Å². The molecule has 0 aliphatic carbocycles. The number of carbonyl (C=O) groups is 2. The first-order valence-corrected chi connectivity index (χ1v) is 10.3. The minimum atomic E-state index is -0.434. The Hall–Kier alpha value is -2.45. The zero-order valence-electron chi connectivity index (χ0n) is 16.4. The van der Waals surface area contributed by atoms with Crippen molar-refractivity contribution in [3.63, 3.8) is 0 Å². The van der Waals surface area contributed by atoms with Crippen molar-refractivity contribution >= 4 is 45.1 Å². The maximum atomic E-state index is 12.9. The van der Waals surface area contributed by atoms with Crippen molar-refractivity contribution in [2.75, 3.05) is 6.54 Å². The first kappa shape index (κ1) is 22.8. The highest BCUT2D eigenvalue weighted by atomic mass is 79.9. The van der Waals surface area contributed by atoms with Gasteiger partial charge in [-0.15, -0.1) is 0 Å². The minimum absolute atomic E-state index is 0.0835. The smallest absolute Gasteiger partial charge is 0.261 e. The summed E-state index contributed by atoms with van der Waals surface area (Å²) >= 11 is 8.84. The maximum Gasteiger partial charge on any atom is 0.261 e. The summed E-state index contributed by atoms with van der Waals surface area (Å²) in [5.74, 6) is -0.351. The van der Waals surface area contributed by atoms with Gasteiger partial charge in [-0.2, -0.15) is 0 Å². The Kier molecular flexibility index (Phi) is 8.60. The average Bonchev–Trinajstić information content (AvgIpc) is 2.66. The zero-order valence-corrected chi connectivity index (χ0v) is 18.8. The molecule has 0 radical (unpaired) electrons. The number of hydrogen-bond acceptors (Lipinski definition) is 4. The molecule has 0 atom stereocenters. The van der Waals surface area contributed by atoms with Crippen LogP contribution in [0.3, 0.4) is 0 Å². The first-order chi connectivity index (χ1) is 13.8. The number of nitrogens with two attached hydrogens (primary N) is 1. The molecule has 0 saturated heterocycles. The van der Waals surface area contributed by atoms with Gasteiger partial charge in [-0.05, 0) is 49.8 Å². The predicted octanol–water partition coefficient (Wildman–Crippen LogP) is 3.63. The van der Waals surface area contributed by atoms with Crippen LogP contribution in [0, 0.1) is 0 Å². The molecular formula is C21H24BrN3O3S. The lowest BCUT2D eigenvalue weighted by atomic mass is 10.2. The van der Waals surface area contributed by atoms with E-state index in [1.54, 1.807) is 23.1 Å². The molecular weight excluding hydrogens is 454 g/mol. The SMILES string of the molecule is CC(C)Oc1ccc(Br)cc1C(=O)NC(=S)N(CCC(N)=O)Cc1ccccc1. The van der Waals surface area contributed by atoms with Crippen molar-refractivity contribution in [1.82, 2.24) is 10.2 Å². The quantitative estimate of drug-likeness (QED) is 0.567. The monoisotopic (exact) mass is 477 g/mol. The number of primary amides is 1. The Morgan fingerprint density at radius 1 is 1.21 bits per heavy atom. The highest BCUT2D eigenvalue weighted by Crippen LogP contribution is 2.24. The lowest BCUT2D eigenvalue weighted by Gasteiger charge is -2.25. The van der Waals surface area contributed by atoms with Crippen LogP contribution in [0.5, 0.6) is 5.75 Å². The van der Waals surface area contributed by atoms with Crippen molar-refractivity contribution < 1.29 is 14.3 Å². The van der Waals surface area contributed by atoms with Crippen molar-refractivity contribution in [2.45, 2.75) is 32.9 Å². The number of halogens is 1. The highest BCUT2D eigenvalue weighted by molar-refractivity contribution is 9.10. The summed E-state index contributed by atoms with van der Waals surface area (Å²) in [4.78, 5) is 25.9. The van der Waals surface area contributed by atoms with Gasteiger partial charge < -0.3 is 15.4 Å². The van der Waals surface area contributed by atoms with Crippen LogP contribution in [0.15, 0.2) is 53.0 Å². The van der Waals surface area contributed by atoms with Gasteiger partial charge in [-0.1, -0.05) is 46.3 Å². The number of rotatable bonds is 8. The fourth-order valence-corrected chi connectivity index (χ4v) is 3.19. The average molecular weight is 478 g/mol. The van der Waals surface area contributed by atoms with Crippen LogP contribution in [0.1, 0.15) is 36.2 Å². The van der Waals surface area contributed by atoms with Crippen molar-refractivity contribution in [2.24, 2.45) is 5.73 Å². The third kappa shape index (κ3) is 7.47. The molecule has 0 fully saturated rings. The van der Waals surface area contributed by atoms with E-state index in [1.165, 1.54) is 0 Å². The summed E-state index contributed by atoms with van der Waals surface area (Å²) < 4.78 is 6.49. The number of nitrogens with one attached hydrogen (secondary N) is 1. The Bertz CT molecular complexity index is 875. The third-order valence-corrected chi connectivity index (χ3v) is 4.75. The van der Waals surface area contributed by atoms with Gasteiger partial charge in [0.25, 0.3) is 5.91 Å². The van der Waals surface area contributed by atoms with Crippen LogP contribution in [0.25, 0.3) is 0 Å². The van der Waals surface area contributed by atoms with E-state index >= 15 is 0 Å². The third-order valence-electron chi connectivity index (χ3n) is 3.90. The van der Waals surface area contributed by atoms with Gasteiger partial charge in [-0.25, -0.2) is 0 Å². The van der Waals surface area contributed by atoms with E-state index in [0.29, 0.717) is 24.4 Å². The van der Waals surface area contributed by atoms with Gasteiger partial charge in [0.2, 0.25) is 5.91 Å². The number of amides is 2. The van der Waals surface area contributed by atoms with Gasteiger partial charge in [0.15, 0.2) is 5.11 Å². The van der Waals surface area contributed by atoms with E-state index in [4.69, 9.17) is 22.7 Å². The maximum absolute atomic E-state index is 12.9. The first-order valence-electron chi connectivity index (χ1n) is 9.15. The molecule has 2 aromatic carbocycles. The second kappa shape index (κ2) is 10.9. The number of ether oxygens (including phenoxy) is 1. The highest BCUT2D eigenvalue weighted by Gasteiger charge is 2.19. The molecule has 0 saturated carbocycles. The molecule has 2 rings (SSSR count). The summed E-state index contributed by atoms with van der Waals surface area (Å²) in [7, 11) is 0. The summed E-state index contributed by atoms with van der Waals surface area (Å²) in [6.45, 7) is 4.53. The van der Waals surface area contributed by atoms with Crippen LogP contribution in [-0.2, 0) is 11.3 Å². The molecule has 0 spiro atoms. The number of hydrogen-bond donors (Lipinski definition) is 2. The summed E-state index contributed by atoms with van der Waals surface area (Å²) in [6, 6.07) is 14.9. The van der Waals surface area contributed by atoms with E-state index in [9.17, 15) is 9.59 Å². The molecule has 0 aliphatic heterocycles. The summed E-state index contributed by atoms with van der Waals surface area (Å²) in [5, 5.41) is 2.96. The molecule has 3 N–H and O–H groups in total. The van der Waals surface area contributed by atoms with Crippen LogP contribution >= 0.6 is 28.1 Å². The van der Waals surface area contributed by atoms with Crippen molar-refractivity contribution in [3.8, 4) is 5.75 Å². The van der Waals surface area contributed by atoms with Gasteiger partial charge in [0, 0.05) is 24.0 Å². The number of benzene rings is 2. The van der Waals surface area contributed by atoms with Crippen LogP contribution in [0.2, 0.25) is 0 Å². The fourth-order valence-electron chi connectivity index (χ4n) is 2.58. The van der Waals surface area contributed by atoms with Gasteiger partial charge in [0.1, 0.15) is 5.75 Å². The Morgan fingerprint density at radius 3 is 2.52 bits per heavy atom. The molecule has 6 nitrogen and oxygen atoms in total. The molecule has 154 valence electrons. The van der Waals surface area contributed by atoms with Crippen LogP contribution in [-0.4, -0.2) is 34.5 Å².